The summed E-state index contributed by atoms with van der Waals surface area (Å²) >= 11 is 7.15. The van der Waals surface area contributed by atoms with Gasteiger partial charge in [0.15, 0.2) is 5.16 Å². The number of nitrogens with zero attached hydrogens (tertiary/aromatic N) is 2. The third kappa shape index (κ3) is 3.93. The first-order chi connectivity index (χ1) is 6.22. The van der Waals surface area contributed by atoms with E-state index in [1.54, 1.807) is 12.4 Å². The van der Waals surface area contributed by atoms with Gasteiger partial charge in [-0.2, -0.15) is 0 Å². The lowest BCUT2D eigenvalue weighted by atomic mass is 10.2. The fourth-order valence-electron chi connectivity index (χ4n) is 0.644. The van der Waals surface area contributed by atoms with Crippen LogP contribution in [0, 0.1) is 5.92 Å². The van der Waals surface area contributed by atoms with Crippen LogP contribution < -0.4 is 0 Å². The molecule has 0 saturated heterocycles. The topological polar surface area (TPSA) is 46.0 Å². The van der Waals surface area contributed by atoms with E-state index in [0.717, 1.165) is 5.75 Å². The molecule has 0 amide bonds. The zero-order valence-electron chi connectivity index (χ0n) is 7.27. The highest BCUT2D eigenvalue weighted by Crippen LogP contribution is 2.16. The molecular formula is C8H11ClN2OS. The minimum Gasteiger partial charge on any atom is -0.396 e. The first kappa shape index (κ1) is 10.8. The first-order valence-electron chi connectivity index (χ1n) is 3.93. The van der Waals surface area contributed by atoms with Crippen LogP contribution in [0.25, 0.3) is 0 Å². The van der Waals surface area contributed by atoms with E-state index in [4.69, 9.17) is 16.7 Å². The van der Waals surface area contributed by atoms with E-state index in [2.05, 4.69) is 9.97 Å². The number of halogens is 1. The summed E-state index contributed by atoms with van der Waals surface area (Å²) in [7, 11) is 0. The van der Waals surface area contributed by atoms with Crippen LogP contribution in [-0.2, 0) is 0 Å². The zero-order valence-corrected chi connectivity index (χ0v) is 8.85. The summed E-state index contributed by atoms with van der Waals surface area (Å²) in [4.78, 5) is 8.05. The van der Waals surface area contributed by atoms with E-state index in [-0.39, 0.29) is 12.5 Å². The Morgan fingerprint density at radius 2 is 2.15 bits per heavy atom. The molecule has 0 bridgehead atoms. The van der Waals surface area contributed by atoms with Crippen molar-refractivity contribution in [2.75, 3.05) is 12.4 Å². The number of rotatable bonds is 4. The van der Waals surface area contributed by atoms with Gasteiger partial charge in [0.2, 0.25) is 0 Å². The maximum Gasteiger partial charge on any atom is 0.187 e. The van der Waals surface area contributed by atoms with Gasteiger partial charge < -0.3 is 5.11 Å². The van der Waals surface area contributed by atoms with Crippen molar-refractivity contribution in [2.24, 2.45) is 5.92 Å². The van der Waals surface area contributed by atoms with E-state index < -0.39 is 0 Å². The minimum absolute atomic E-state index is 0.195. The van der Waals surface area contributed by atoms with Gasteiger partial charge in [0, 0.05) is 12.4 Å². The second-order valence-electron chi connectivity index (χ2n) is 2.78. The maximum atomic E-state index is 8.78. The van der Waals surface area contributed by atoms with Gasteiger partial charge in [0.25, 0.3) is 0 Å². The summed E-state index contributed by atoms with van der Waals surface area (Å²) in [6, 6.07) is 0. The maximum absolute atomic E-state index is 8.78. The van der Waals surface area contributed by atoms with Crippen molar-refractivity contribution in [2.45, 2.75) is 12.1 Å². The number of thioether (sulfide) groups is 1. The Morgan fingerprint density at radius 3 is 2.69 bits per heavy atom. The molecule has 0 spiro atoms. The van der Waals surface area contributed by atoms with E-state index in [1.807, 2.05) is 6.92 Å². The molecule has 1 atom stereocenters. The molecule has 0 fully saturated rings. The third-order valence-corrected chi connectivity index (χ3v) is 2.81. The molecule has 0 saturated carbocycles. The SMILES string of the molecule is CC(CO)CSc1ncc(Cl)cn1. The molecule has 1 aromatic rings. The van der Waals surface area contributed by atoms with Crippen molar-refractivity contribution >= 4 is 23.4 Å². The van der Waals surface area contributed by atoms with Crippen LogP contribution in [0.15, 0.2) is 17.6 Å². The van der Waals surface area contributed by atoms with Gasteiger partial charge >= 0.3 is 0 Å². The molecule has 1 N–H and O–H groups in total. The van der Waals surface area contributed by atoms with Gasteiger partial charge in [-0.1, -0.05) is 30.3 Å². The van der Waals surface area contributed by atoms with Crippen molar-refractivity contribution in [3.63, 3.8) is 0 Å². The van der Waals surface area contributed by atoms with Gasteiger partial charge in [0.1, 0.15) is 0 Å². The first-order valence-corrected chi connectivity index (χ1v) is 5.30. The molecule has 1 rings (SSSR count). The molecule has 3 nitrogen and oxygen atoms in total. The number of aromatic nitrogens is 2. The van der Waals surface area contributed by atoms with Gasteiger partial charge in [0.05, 0.1) is 17.4 Å². The highest BCUT2D eigenvalue weighted by Gasteiger charge is 2.02. The zero-order chi connectivity index (χ0) is 9.68. The van der Waals surface area contributed by atoms with Crippen molar-refractivity contribution in [3.05, 3.63) is 17.4 Å². The van der Waals surface area contributed by atoms with E-state index in [9.17, 15) is 0 Å². The quantitative estimate of drug-likeness (QED) is 0.619. The van der Waals surface area contributed by atoms with Crippen LogP contribution in [0.4, 0.5) is 0 Å². The van der Waals surface area contributed by atoms with Crippen LogP contribution in [0.3, 0.4) is 0 Å². The highest BCUT2D eigenvalue weighted by atomic mass is 35.5. The predicted octanol–water partition coefficient (Wildman–Crippen LogP) is 1.85. The highest BCUT2D eigenvalue weighted by molar-refractivity contribution is 7.99. The lowest BCUT2D eigenvalue weighted by Gasteiger charge is -2.04. The Labute approximate surface area is 86.6 Å². The molecular weight excluding hydrogens is 208 g/mol. The molecule has 13 heavy (non-hydrogen) atoms. The van der Waals surface area contributed by atoms with Crippen LogP contribution in [0.5, 0.6) is 0 Å². The van der Waals surface area contributed by atoms with Crippen molar-refractivity contribution in [1.82, 2.24) is 9.97 Å². The van der Waals surface area contributed by atoms with E-state index in [1.165, 1.54) is 11.8 Å². The Bertz CT molecular complexity index is 255. The Hall–Kier alpha value is -0.320. The fraction of sp³-hybridized carbons (Fsp3) is 0.500. The normalized spacial score (nSPS) is 12.8. The number of hydrogen-bond donors (Lipinski definition) is 1. The smallest absolute Gasteiger partial charge is 0.187 e. The van der Waals surface area contributed by atoms with Crippen LogP contribution in [0.1, 0.15) is 6.92 Å². The largest absolute Gasteiger partial charge is 0.396 e. The van der Waals surface area contributed by atoms with Gasteiger partial charge in [-0.25, -0.2) is 9.97 Å². The molecule has 72 valence electrons. The monoisotopic (exact) mass is 218 g/mol. The predicted molar refractivity (Wildman–Crippen MR) is 54.0 cm³/mol. The summed E-state index contributed by atoms with van der Waals surface area (Å²) in [6.07, 6.45) is 3.14. The van der Waals surface area contributed by atoms with Gasteiger partial charge in [-0.05, 0) is 5.92 Å². The summed E-state index contributed by atoms with van der Waals surface area (Å²) in [5.41, 5.74) is 0. The molecule has 1 aromatic heterocycles. The van der Waals surface area contributed by atoms with Crippen molar-refractivity contribution in [3.8, 4) is 0 Å². The van der Waals surface area contributed by atoms with Crippen molar-refractivity contribution in [1.29, 1.82) is 0 Å². The Kier molecular flexibility index (Phi) is 4.48. The van der Waals surface area contributed by atoms with Crippen LogP contribution >= 0.6 is 23.4 Å². The summed E-state index contributed by atoms with van der Waals surface area (Å²) in [6.45, 7) is 2.17. The molecule has 0 aliphatic carbocycles. The average Bonchev–Trinajstić information content (AvgIpc) is 2.16. The van der Waals surface area contributed by atoms with E-state index >= 15 is 0 Å². The molecule has 5 heteroatoms. The third-order valence-electron chi connectivity index (χ3n) is 1.41. The van der Waals surface area contributed by atoms with Gasteiger partial charge in [-0.15, -0.1) is 0 Å². The van der Waals surface area contributed by atoms with E-state index in [0.29, 0.717) is 10.2 Å². The summed E-state index contributed by atoms with van der Waals surface area (Å²) in [5, 5.41) is 10.0. The lowest BCUT2D eigenvalue weighted by Crippen LogP contribution is -2.03. The van der Waals surface area contributed by atoms with Crippen molar-refractivity contribution < 1.29 is 5.11 Å². The summed E-state index contributed by atoms with van der Waals surface area (Å²) in [5.74, 6) is 1.09. The fourth-order valence-corrected chi connectivity index (χ4v) is 1.54. The van der Waals surface area contributed by atoms with Crippen LogP contribution in [0.2, 0.25) is 5.02 Å². The molecule has 0 aliphatic rings. The number of hydrogen-bond acceptors (Lipinski definition) is 4. The van der Waals surface area contributed by atoms with Crippen LogP contribution in [-0.4, -0.2) is 27.4 Å². The molecule has 1 unspecified atom stereocenters. The molecule has 0 aromatic carbocycles. The second-order valence-corrected chi connectivity index (χ2v) is 4.21. The Morgan fingerprint density at radius 1 is 1.54 bits per heavy atom. The lowest BCUT2D eigenvalue weighted by molar-refractivity contribution is 0.250. The summed E-state index contributed by atoms with van der Waals surface area (Å²) < 4.78 is 0. The number of aliphatic hydroxyl groups excluding tert-OH is 1. The average molecular weight is 219 g/mol. The second kappa shape index (κ2) is 5.42. The standard InChI is InChI=1S/C8H11ClN2OS/c1-6(4-12)5-13-8-10-2-7(9)3-11-8/h2-3,6,12H,4-5H2,1H3. The molecule has 1 heterocycles. The Balaban J connectivity index is 2.41. The number of aliphatic hydroxyl groups is 1. The minimum atomic E-state index is 0.195. The molecule has 0 aliphatic heterocycles. The van der Waals surface area contributed by atoms with Gasteiger partial charge in [-0.3, -0.25) is 0 Å². The molecule has 0 radical (unpaired) electrons.